The summed E-state index contributed by atoms with van der Waals surface area (Å²) in [5.74, 6) is 0.835. The summed E-state index contributed by atoms with van der Waals surface area (Å²) in [6.07, 6.45) is 3.76. The first kappa shape index (κ1) is 19.8. The molecule has 3 rings (SSSR count). The van der Waals surface area contributed by atoms with Gasteiger partial charge in [-0.1, -0.05) is 27.5 Å². The van der Waals surface area contributed by atoms with Crippen LogP contribution in [0, 0.1) is 10.1 Å². The highest BCUT2D eigenvalue weighted by molar-refractivity contribution is 9.10. The first-order valence-corrected chi connectivity index (χ1v) is 9.07. The molecule has 10 heteroatoms. The quantitative estimate of drug-likeness (QED) is 0.214. The summed E-state index contributed by atoms with van der Waals surface area (Å²) >= 11 is 9.41. The van der Waals surface area contributed by atoms with E-state index in [1.807, 2.05) is 0 Å². The molecule has 0 saturated carbocycles. The Morgan fingerprint density at radius 1 is 1.43 bits per heavy atom. The molecule has 0 atom stereocenters. The van der Waals surface area contributed by atoms with Crippen LogP contribution in [-0.4, -0.2) is 20.5 Å². The van der Waals surface area contributed by atoms with Crippen molar-refractivity contribution in [3.05, 3.63) is 79.4 Å². The van der Waals surface area contributed by atoms with Crippen molar-refractivity contribution < 1.29 is 18.9 Å². The minimum Gasteiger partial charge on any atom is -0.484 e. The Bertz CT molecular complexity index is 1070. The molecule has 3 aromatic rings. The van der Waals surface area contributed by atoms with E-state index in [1.165, 1.54) is 30.1 Å². The summed E-state index contributed by atoms with van der Waals surface area (Å²) in [5, 5.41) is 15.3. The molecule has 0 aliphatic carbocycles. The van der Waals surface area contributed by atoms with Gasteiger partial charge < -0.3 is 9.15 Å². The van der Waals surface area contributed by atoms with Crippen molar-refractivity contribution in [2.75, 3.05) is 0 Å². The Morgan fingerprint density at radius 2 is 2.21 bits per heavy atom. The second-order valence-electron chi connectivity index (χ2n) is 5.66. The van der Waals surface area contributed by atoms with Gasteiger partial charge in [-0.3, -0.25) is 19.6 Å². The van der Waals surface area contributed by atoms with Crippen molar-refractivity contribution in [3.8, 4) is 5.75 Å². The number of furan rings is 1. The number of hydrogen-bond donors (Lipinski definition) is 0. The highest BCUT2D eigenvalue weighted by atomic mass is 79.9. The number of aryl methyl sites for hydroxylation is 1. The number of ether oxygens (including phenoxy) is 1. The monoisotopic (exact) mass is 465 g/mol. The van der Waals surface area contributed by atoms with Crippen LogP contribution in [0.1, 0.15) is 22.0 Å². The van der Waals surface area contributed by atoms with Crippen molar-refractivity contribution >= 4 is 45.1 Å². The number of hydrogen-bond acceptors (Lipinski definition) is 6. The number of nitro groups is 1. The van der Waals surface area contributed by atoms with Crippen LogP contribution in [0.4, 0.5) is 5.69 Å². The summed E-state index contributed by atoms with van der Waals surface area (Å²) < 4.78 is 13.2. The van der Waals surface area contributed by atoms with Gasteiger partial charge >= 0.3 is 5.69 Å². The Kier molecular flexibility index (Phi) is 5.96. The van der Waals surface area contributed by atoms with Gasteiger partial charge in [-0.05, 0) is 42.5 Å². The standard InChI is InChI=1S/C18H13BrClN3O5/c1-22-9-15(23(25)26)18(21-22)16(24)6-5-12-3-4-13(28-12)10-27-17-7-2-11(19)8-14(17)20/h2-9H,10H2,1H3/b6-5+. The predicted octanol–water partition coefficient (Wildman–Crippen LogP) is 4.81. The molecule has 0 radical (unpaired) electrons. The number of benzene rings is 1. The van der Waals surface area contributed by atoms with Crippen LogP contribution in [0.5, 0.6) is 5.75 Å². The lowest BCUT2D eigenvalue weighted by molar-refractivity contribution is -0.385. The van der Waals surface area contributed by atoms with Crippen molar-refractivity contribution in [1.82, 2.24) is 9.78 Å². The maximum absolute atomic E-state index is 12.2. The number of nitrogens with zero attached hydrogens (tertiary/aromatic N) is 3. The topological polar surface area (TPSA) is 100 Å². The zero-order valence-electron chi connectivity index (χ0n) is 14.5. The highest BCUT2D eigenvalue weighted by Crippen LogP contribution is 2.28. The van der Waals surface area contributed by atoms with Crippen molar-refractivity contribution in [2.24, 2.45) is 7.05 Å². The molecule has 0 unspecified atom stereocenters. The van der Waals surface area contributed by atoms with E-state index in [2.05, 4.69) is 21.0 Å². The Morgan fingerprint density at radius 3 is 2.93 bits per heavy atom. The van der Waals surface area contributed by atoms with E-state index in [0.717, 1.165) is 4.47 Å². The predicted molar refractivity (Wildman–Crippen MR) is 105 cm³/mol. The number of halogens is 2. The molecule has 8 nitrogen and oxygen atoms in total. The molecule has 1 aromatic carbocycles. The number of rotatable bonds is 7. The van der Waals surface area contributed by atoms with Crippen LogP contribution >= 0.6 is 27.5 Å². The van der Waals surface area contributed by atoms with Crippen LogP contribution in [0.3, 0.4) is 0 Å². The molecule has 0 bridgehead atoms. The second-order valence-corrected chi connectivity index (χ2v) is 6.98. The van der Waals surface area contributed by atoms with Gasteiger partial charge in [0.25, 0.3) is 0 Å². The summed E-state index contributed by atoms with van der Waals surface area (Å²) in [6, 6.07) is 8.60. The molecule has 0 spiro atoms. The molecule has 0 aliphatic heterocycles. The van der Waals surface area contributed by atoms with E-state index in [9.17, 15) is 14.9 Å². The molecule has 0 fully saturated rings. The maximum Gasteiger partial charge on any atom is 0.318 e. The van der Waals surface area contributed by atoms with Crippen LogP contribution < -0.4 is 4.74 Å². The third-order valence-corrected chi connectivity index (χ3v) is 4.37. The van der Waals surface area contributed by atoms with E-state index in [1.54, 1.807) is 30.3 Å². The molecular formula is C18H13BrClN3O5. The van der Waals surface area contributed by atoms with E-state index in [4.69, 9.17) is 20.8 Å². The summed E-state index contributed by atoms with van der Waals surface area (Å²) in [6.45, 7) is 0.148. The summed E-state index contributed by atoms with van der Waals surface area (Å²) in [5.41, 5.74) is -0.583. The lowest BCUT2D eigenvalue weighted by Crippen LogP contribution is -2.00. The fourth-order valence-electron chi connectivity index (χ4n) is 2.32. The second kappa shape index (κ2) is 8.41. The van der Waals surface area contributed by atoms with Crippen molar-refractivity contribution in [2.45, 2.75) is 6.61 Å². The molecule has 2 aromatic heterocycles. The number of carbonyl (C=O) groups is 1. The van der Waals surface area contributed by atoms with Crippen molar-refractivity contribution in [3.63, 3.8) is 0 Å². The lowest BCUT2D eigenvalue weighted by Gasteiger charge is -2.06. The van der Waals surface area contributed by atoms with Gasteiger partial charge in [0.1, 0.15) is 30.1 Å². The fraction of sp³-hybridized carbons (Fsp3) is 0.111. The largest absolute Gasteiger partial charge is 0.484 e. The van der Waals surface area contributed by atoms with Crippen LogP contribution in [-0.2, 0) is 13.7 Å². The van der Waals surface area contributed by atoms with E-state index in [-0.39, 0.29) is 18.0 Å². The van der Waals surface area contributed by atoms with Gasteiger partial charge in [-0.15, -0.1) is 0 Å². The third-order valence-electron chi connectivity index (χ3n) is 3.58. The smallest absolute Gasteiger partial charge is 0.318 e. The number of ketones is 1. The third kappa shape index (κ3) is 4.68. The highest BCUT2D eigenvalue weighted by Gasteiger charge is 2.23. The fourth-order valence-corrected chi connectivity index (χ4v) is 3.05. The summed E-state index contributed by atoms with van der Waals surface area (Å²) in [4.78, 5) is 22.5. The Balaban J connectivity index is 1.65. The molecule has 0 amide bonds. The average molecular weight is 467 g/mol. The van der Waals surface area contributed by atoms with Crippen LogP contribution in [0.25, 0.3) is 6.08 Å². The Hall–Kier alpha value is -2.91. The van der Waals surface area contributed by atoms with Gasteiger partial charge in [0, 0.05) is 11.5 Å². The van der Waals surface area contributed by atoms with E-state index < -0.39 is 10.7 Å². The molecule has 2 heterocycles. The van der Waals surface area contributed by atoms with E-state index in [0.29, 0.717) is 22.3 Å². The van der Waals surface area contributed by atoms with Gasteiger partial charge in [-0.25, -0.2) is 0 Å². The van der Waals surface area contributed by atoms with E-state index >= 15 is 0 Å². The van der Waals surface area contributed by atoms with Gasteiger partial charge in [0.2, 0.25) is 11.5 Å². The van der Waals surface area contributed by atoms with Gasteiger partial charge in [-0.2, -0.15) is 5.10 Å². The number of carbonyl (C=O) groups excluding carboxylic acids is 1. The molecule has 0 saturated heterocycles. The SMILES string of the molecule is Cn1cc([N+](=O)[O-])c(C(=O)/C=C/c2ccc(COc3ccc(Br)cc3Cl)o2)n1. The molecule has 0 aliphatic rings. The van der Waals surface area contributed by atoms with Crippen molar-refractivity contribution in [1.29, 1.82) is 0 Å². The van der Waals surface area contributed by atoms with Crippen LogP contribution in [0.15, 0.2) is 51.5 Å². The Labute approximate surface area is 172 Å². The molecule has 0 N–H and O–H groups in total. The zero-order chi connectivity index (χ0) is 20.3. The summed E-state index contributed by atoms with van der Waals surface area (Å²) in [7, 11) is 1.50. The minimum absolute atomic E-state index is 0.148. The first-order chi connectivity index (χ1) is 13.3. The molecule has 144 valence electrons. The number of aromatic nitrogens is 2. The lowest BCUT2D eigenvalue weighted by atomic mass is 10.2. The van der Waals surface area contributed by atoms with Gasteiger partial charge in [0.05, 0.1) is 9.95 Å². The minimum atomic E-state index is -0.649. The average Bonchev–Trinajstić information content (AvgIpc) is 3.25. The normalized spacial score (nSPS) is 11.1. The molecule has 28 heavy (non-hydrogen) atoms. The maximum atomic E-state index is 12.2. The zero-order valence-corrected chi connectivity index (χ0v) is 16.8. The number of allylic oxidation sites excluding steroid dienone is 1. The van der Waals surface area contributed by atoms with Crippen LogP contribution in [0.2, 0.25) is 5.02 Å². The van der Waals surface area contributed by atoms with Gasteiger partial charge in [0.15, 0.2) is 0 Å². The first-order valence-electron chi connectivity index (χ1n) is 7.90. The molecular weight excluding hydrogens is 454 g/mol.